The predicted octanol–water partition coefficient (Wildman–Crippen LogP) is 3.25. The maximum Gasteiger partial charge on any atom is 0.323 e. The summed E-state index contributed by atoms with van der Waals surface area (Å²) in [6, 6.07) is 6.81. The molecule has 2 rings (SSSR count). The van der Waals surface area contributed by atoms with Gasteiger partial charge in [0.1, 0.15) is 11.9 Å². The van der Waals surface area contributed by atoms with E-state index in [9.17, 15) is 9.18 Å². The third-order valence-electron chi connectivity index (χ3n) is 4.56. The number of hydrogen-bond donors (Lipinski definition) is 1. The normalized spacial score (nSPS) is 24.0. The van der Waals surface area contributed by atoms with Gasteiger partial charge in [0.15, 0.2) is 0 Å². The molecule has 2 unspecified atom stereocenters. The molecule has 3 nitrogen and oxygen atoms in total. The van der Waals surface area contributed by atoms with Crippen molar-refractivity contribution in [1.29, 1.82) is 0 Å². The van der Waals surface area contributed by atoms with E-state index in [1.165, 1.54) is 24.8 Å². The Hall–Kier alpha value is -1.42. The van der Waals surface area contributed by atoms with Crippen molar-refractivity contribution in [3.05, 3.63) is 35.6 Å². The van der Waals surface area contributed by atoms with Gasteiger partial charge in [-0.15, -0.1) is 0 Å². The molecule has 21 heavy (non-hydrogen) atoms. The van der Waals surface area contributed by atoms with Gasteiger partial charge in [0.25, 0.3) is 0 Å². The SMILES string of the molecule is CCC(C)C(NC1CC(c2ccc(F)cc2)C1)C(=O)OC. The van der Waals surface area contributed by atoms with E-state index >= 15 is 0 Å². The zero-order chi connectivity index (χ0) is 15.4. The number of nitrogens with one attached hydrogen (secondary N) is 1. The molecule has 0 spiro atoms. The molecule has 1 aliphatic carbocycles. The lowest BCUT2D eigenvalue weighted by molar-refractivity contribution is -0.145. The Morgan fingerprint density at radius 1 is 1.38 bits per heavy atom. The molecule has 4 heteroatoms. The second-order valence-electron chi connectivity index (χ2n) is 5.97. The van der Waals surface area contributed by atoms with Crippen molar-refractivity contribution in [2.75, 3.05) is 7.11 Å². The van der Waals surface area contributed by atoms with Crippen LogP contribution in [0.5, 0.6) is 0 Å². The first kappa shape index (κ1) is 16.0. The summed E-state index contributed by atoms with van der Waals surface area (Å²) in [4.78, 5) is 11.9. The van der Waals surface area contributed by atoms with E-state index in [-0.39, 0.29) is 23.7 Å². The number of halogens is 1. The molecule has 0 amide bonds. The molecule has 1 N–H and O–H groups in total. The summed E-state index contributed by atoms with van der Waals surface area (Å²) in [5.41, 5.74) is 1.17. The van der Waals surface area contributed by atoms with Crippen LogP contribution in [-0.4, -0.2) is 25.2 Å². The molecule has 0 aliphatic heterocycles. The summed E-state index contributed by atoms with van der Waals surface area (Å²) in [6.45, 7) is 4.13. The Kier molecular flexibility index (Phi) is 5.34. The van der Waals surface area contributed by atoms with Crippen LogP contribution in [0.1, 0.15) is 44.6 Å². The van der Waals surface area contributed by atoms with Crippen LogP contribution in [0.3, 0.4) is 0 Å². The van der Waals surface area contributed by atoms with Crippen LogP contribution in [0.4, 0.5) is 4.39 Å². The molecule has 1 fully saturated rings. The zero-order valence-corrected chi connectivity index (χ0v) is 12.9. The van der Waals surface area contributed by atoms with Crippen molar-refractivity contribution in [3.8, 4) is 0 Å². The summed E-state index contributed by atoms with van der Waals surface area (Å²) >= 11 is 0. The number of benzene rings is 1. The fourth-order valence-electron chi connectivity index (χ4n) is 2.84. The van der Waals surface area contributed by atoms with Gasteiger partial charge < -0.3 is 10.1 Å². The van der Waals surface area contributed by atoms with E-state index in [0.29, 0.717) is 12.0 Å². The number of ether oxygens (including phenoxy) is 1. The highest BCUT2D eigenvalue weighted by atomic mass is 19.1. The second-order valence-corrected chi connectivity index (χ2v) is 5.97. The third kappa shape index (κ3) is 3.82. The monoisotopic (exact) mass is 293 g/mol. The van der Waals surface area contributed by atoms with Gasteiger partial charge in [-0.1, -0.05) is 32.4 Å². The number of methoxy groups -OCH3 is 1. The highest BCUT2D eigenvalue weighted by Gasteiger charge is 2.35. The third-order valence-corrected chi connectivity index (χ3v) is 4.56. The first-order chi connectivity index (χ1) is 10.0. The Labute approximate surface area is 125 Å². The van der Waals surface area contributed by atoms with Crippen LogP contribution >= 0.6 is 0 Å². The van der Waals surface area contributed by atoms with Crippen LogP contribution < -0.4 is 5.32 Å². The van der Waals surface area contributed by atoms with Gasteiger partial charge in [0.2, 0.25) is 0 Å². The van der Waals surface area contributed by atoms with E-state index in [4.69, 9.17) is 4.74 Å². The fraction of sp³-hybridized carbons (Fsp3) is 0.588. The van der Waals surface area contributed by atoms with Gasteiger partial charge in [-0.25, -0.2) is 4.39 Å². The van der Waals surface area contributed by atoms with E-state index in [1.54, 1.807) is 0 Å². The molecule has 1 aromatic carbocycles. The number of esters is 1. The molecule has 1 aromatic rings. The van der Waals surface area contributed by atoms with E-state index in [1.807, 2.05) is 12.1 Å². The van der Waals surface area contributed by atoms with Crippen molar-refractivity contribution < 1.29 is 13.9 Å². The standard InChI is InChI=1S/C17H24FNO2/c1-4-11(2)16(17(20)21-3)19-15-9-13(10-15)12-5-7-14(18)8-6-12/h5-8,11,13,15-16,19H,4,9-10H2,1-3H3. The molecule has 0 saturated heterocycles. The van der Waals surface area contributed by atoms with Crippen LogP contribution in [0, 0.1) is 11.7 Å². The second kappa shape index (κ2) is 7.03. The Bertz CT molecular complexity index is 468. The smallest absolute Gasteiger partial charge is 0.323 e. The number of rotatable bonds is 6. The number of carbonyl (C=O) groups is 1. The minimum absolute atomic E-state index is 0.186. The quantitative estimate of drug-likeness (QED) is 0.818. The van der Waals surface area contributed by atoms with E-state index in [0.717, 1.165) is 19.3 Å². The van der Waals surface area contributed by atoms with Gasteiger partial charge in [0, 0.05) is 6.04 Å². The lowest BCUT2D eigenvalue weighted by Crippen LogP contribution is -2.51. The first-order valence-corrected chi connectivity index (χ1v) is 7.64. The summed E-state index contributed by atoms with van der Waals surface area (Å²) in [5.74, 6) is 0.325. The van der Waals surface area contributed by atoms with E-state index < -0.39 is 0 Å². The molecule has 0 heterocycles. The molecule has 0 radical (unpaired) electrons. The van der Waals surface area contributed by atoms with Crippen molar-refractivity contribution in [3.63, 3.8) is 0 Å². The molecule has 0 aromatic heterocycles. The topological polar surface area (TPSA) is 38.3 Å². The van der Waals surface area contributed by atoms with Gasteiger partial charge in [-0.3, -0.25) is 4.79 Å². The van der Waals surface area contributed by atoms with Gasteiger partial charge in [-0.2, -0.15) is 0 Å². The van der Waals surface area contributed by atoms with Crippen LogP contribution in [0.15, 0.2) is 24.3 Å². The maximum atomic E-state index is 12.9. The molecule has 1 aliphatic rings. The average molecular weight is 293 g/mol. The fourth-order valence-corrected chi connectivity index (χ4v) is 2.84. The minimum Gasteiger partial charge on any atom is -0.468 e. The first-order valence-electron chi connectivity index (χ1n) is 7.64. The Morgan fingerprint density at radius 2 is 2.00 bits per heavy atom. The molecule has 0 bridgehead atoms. The van der Waals surface area contributed by atoms with Crippen LogP contribution in [0.2, 0.25) is 0 Å². The largest absolute Gasteiger partial charge is 0.468 e. The molecule has 116 valence electrons. The van der Waals surface area contributed by atoms with Crippen LogP contribution in [0.25, 0.3) is 0 Å². The van der Waals surface area contributed by atoms with Gasteiger partial charge >= 0.3 is 5.97 Å². The lowest BCUT2D eigenvalue weighted by atomic mass is 9.75. The predicted molar refractivity (Wildman–Crippen MR) is 80.6 cm³/mol. The molecular formula is C17H24FNO2. The number of carbonyl (C=O) groups excluding carboxylic acids is 1. The zero-order valence-electron chi connectivity index (χ0n) is 12.9. The van der Waals surface area contributed by atoms with Crippen LogP contribution in [-0.2, 0) is 9.53 Å². The maximum absolute atomic E-state index is 12.9. The van der Waals surface area contributed by atoms with Gasteiger partial charge in [-0.05, 0) is 42.4 Å². The Balaban J connectivity index is 1.88. The highest BCUT2D eigenvalue weighted by Crippen LogP contribution is 2.37. The van der Waals surface area contributed by atoms with Crippen molar-refractivity contribution >= 4 is 5.97 Å². The molecule has 1 saturated carbocycles. The van der Waals surface area contributed by atoms with Crippen molar-refractivity contribution in [2.24, 2.45) is 5.92 Å². The Morgan fingerprint density at radius 3 is 2.52 bits per heavy atom. The summed E-state index contributed by atoms with van der Waals surface area (Å²) in [7, 11) is 1.43. The average Bonchev–Trinajstić information content (AvgIpc) is 2.46. The van der Waals surface area contributed by atoms with Gasteiger partial charge in [0.05, 0.1) is 7.11 Å². The van der Waals surface area contributed by atoms with Crippen molar-refractivity contribution in [1.82, 2.24) is 5.32 Å². The number of hydrogen-bond acceptors (Lipinski definition) is 3. The summed E-state index contributed by atoms with van der Waals surface area (Å²) < 4.78 is 17.8. The molecular weight excluding hydrogens is 269 g/mol. The summed E-state index contributed by atoms with van der Waals surface area (Å²) in [6.07, 6.45) is 2.89. The highest BCUT2D eigenvalue weighted by molar-refractivity contribution is 5.76. The minimum atomic E-state index is -0.237. The lowest BCUT2D eigenvalue weighted by Gasteiger charge is -2.39. The summed E-state index contributed by atoms with van der Waals surface area (Å²) in [5, 5.41) is 3.42. The van der Waals surface area contributed by atoms with Crippen molar-refractivity contribution in [2.45, 2.75) is 51.1 Å². The molecule has 2 atom stereocenters. The van der Waals surface area contributed by atoms with E-state index in [2.05, 4.69) is 19.2 Å².